The molecule has 5 nitrogen and oxygen atoms in total. The van der Waals surface area contributed by atoms with E-state index in [1.165, 1.54) is 15.9 Å². The van der Waals surface area contributed by atoms with Crippen LogP contribution in [0.4, 0.5) is 9.18 Å². The smallest absolute Gasteiger partial charge is 0.327 e. The summed E-state index contributed by atoms with van der Waals surface area (Å²) in [6, 6.07) is 2.17. The molecule has 0 saturated carbocycles. The molecule has 116 valence electrons. The highest BCUT2D eigenvalue weighted by atomic mass is 35.5. The van der Waals surface area contributed by atoms with Crippen LogP contribution in [0.3, 0.4) is 0 Å². The number of urea groups is 1. The van der Waals surface area contributed by atoms with Crippen LogP contribution in [0, 0.1) is 5.82 Å². The van der Waals surface area contributed by atoms with Gasteiger partial charge < -0.3 is 9.88 Å². The Hall–Kier alpha value is -2.08. The number of hydrogen-bond acceptors (Lipinski definition) is 2. The number of aromatic amines is 1. The molecule has 1 saturated heterocycles. The number of nitrogens with zero attached hydrogens (tertiary/aromatic N) is 2. The highest BCUT2D eigenvalue weighted by Gasteiger charge is 2.39. The fourth-order valence-corrected chi connectivity index (χ4v) is 2.82. The molecule has 0 unspecified atom stereocenters. The van der Waals surface area contributed by atoms with Gasteiger partial charge in [-0.3, -0.25) is 9.69 Å². The van der Waals surface area contributed by atoms with Crippen molar-refractivity contribution in [2.45, 2.75) is 19.4 Å². The van der Waals surface area contributed by atoms with Gasteiger partial charge in [-0.25, -0.2) is 9.18 Å². The Morgan fingerprint density at radius 1 is 1.36 bits per heavy atom. The zero-order valence-corrected chi connectivity index (χ0v) is 12.9. The van der Waals surface area contributed by atoms with Crippen LogP contribution in [0.5, 0.6) is 0 Å². The lowest BCUT2D eigenvalue weighted by Gasteiger charge is -2.13. The van der Waals surface area contributed by atoms with E-state index < -0.39 is 11.9 Å². The SMILES string of the molecule is C[C@H]1C(=O)N(CCc2c[nH]c3cc(F)c(Cl)cc23)C(=O)N1C. The summed E-state index contributed by atoms with van der Waals surface area (Å²) in [5.74, 6) is -0.681. The molecule has 1 fully saturated rings. The Bertz CT molecular complexity index is 753. The van der Waals surface area contributed by atoms with E-state index in [0.717, 1.165) is 10.9 Å². The quantitative estimate of drug-likeness (QED) is 0.883. The van der Waals surface area contributed by atoms with Crippen molar-refractivity contribution < 1.29 is 14.0 Å². The second kappa shape index (κ2) is 5.28. The van der Waals surface area contributed by atoms with Crippen LogP contribution in [0.2, 0.25) is 5.02 Å². The summed E-state index contributed by atoms with van der Waals surface area (Å²) in [6.45, 7) is 1.99. The van der Waals surface area contributed by atoms with Crippen molar-refractivity contribution in [2.75, 3.05) is 13.6 Å². The number of hydrogen-bond donors (Lipinski definition) is 1. The Morgan fingerprint density at radius 2 is 2.09 bits per heavy atom. The van der Waals surface area contributed by atoms with E-state index in [1.54, 1.807) is 26.2 Å². The van der Waals surface area contributed by atoms with Crippen molar-refractivity contribution in [3.63, 3.8) is 0 Å². The molecule has 1 atom stereocenters. The molecule has 0 radical (unpaired) electrons. The van der Waals surface area contributed by atoms with Crippen LogP contribution >= 0.6 is 11.6 Å². The lowest BCUT2D eigenvalue weighted by atomic mass is 10.1. The number of H-pyrrole nitrogens is 1. The molecule has 2 aromatic rings. The van der Waals surface area contributed by atoms with Crippen LogP contribution in [0.1, 0.15) is 12.5 Å². The van der Waals surface area contributed by atoms with Crippen molar-refractivity contribution in [1.82, 2.24) is 14.8 Å². The third kappa shape index (κ3) is 2.23. The molecule has 3 amide bonds. The summed E-state index contributed by atoms with van der Waals surface area (Å²) in [5.41, 5.74) is 1.53. The van der Waals surface area contributed by atoms with Crippen molar-refractivity contribution in [1.29, 1.82) is 0 Å². The number of carbonyl (C=O) groups excluding carboxylic acids is 2. The first kappa shape index (κ1) is 14.8. The van der Waals surface area contributed by atoms with Crippen LogP contribution in [-0.2, 0) is 11.2 Å². The topological polar surface area (TPSA) is 56.4 Å². The average Bonchev–Trinajstić information content (AvgIpc) is 2.95. The number of nitrogens with one attached hydrogen (secondary N) is 1. The Kier molecular flexibility index (Phi) is 3.56. The molecular formula is C15H15ClFN3O2. The van der Waals surface area contributed by atoms with Gasteiger partial charge in [-0.1, -0.05) is 11.6 Å². The molecule has 1 aromatic carbocycles. The zero-order valence-electron chi connectivity index (χ0n) is 12.2. The summed E-state index contributed by atoms with van der Waals surface area (Å²) in [7, 11) is 1.61. The number of aromatic nitrogens is 1. The van der Waals surface area contributed by atoms with Gasteiger partial charge in [-0.05, 0) is 31.0 Å². The largest absolute Gasteiger partial charge is 0.361 e. The lowest BCUT2D eigenvalue weighted by molar-refractivity contribution is -0.127. The first-order valence-corrected chi connectivity index (χ1v) is 7.31. The second-order valence-electron chi connectivity index (χ2n) is 5.44. The van der Waals surface area contributed by atoms with Gasteiger partial charge in [-0.2, -0.15) is 0 Å². The molecule has 22 heavy (non-hydrogen) atoms. The van der Waals surface area contributed by atoms with E-state index in [4.69, 9.17) is 11.6 Å². The molecular weight excluding hydrogens is 309 g/mol. The summed E-state index contributed by atoms with van der Waals surface area (Å²) in [6.07, 6.45) is 2.23. The fourth-order valence-electron chi connectivity index (χ4n) is 2.66. The number of fused-ring (bicyclic) bond motifs is 1. The van der Waals surface area contributed by atoms with Crippen molar-refractivity contribution in [3.05, 3.63) is 34.7 Å². The third-order valence-corrected chi connectivity index (χ3v) is 4.44. The van der Waals surface area contributed by atoms with Gasteiger partial charge >= 0.3 is 6.03 Å². The molecule has 0 bridgehead atoms. The lowest BCUT2D eigenvalue weighted by Crippen LogP contribution is -2.33. The van der Waals surface area contributed by atoms with Gasteiger partial charge in [0.1, 0.15) is 11.9 Å². The highest BCUT2D eigenvalue weighted by molar-refractivity contribution is 6.31. The van der Waals surface area contributed by atoms with Gasteiger partial charge in [0.25, 0.3) is 5.91 Å². The van der Waals surface area contributed by atoms with E-state index in [0.29, 0.717) is 11.9 Å². The predicted octanol–water partition coefficient (Wildman–Crippen LogP) is 2.79. The molecule has 1 aliphatic rings. The number of carbonyl (C=O) groups is 2. The number of likely N-dealkylation sites (N-methyl/N-ethyl adjacent to an activating group) is 1. The van der Waals surface area contributed by atoms with Crippen LogP contribution in [0.25, 0.3) is 10.9 Å². The molecule has 7 heteroatoms. The average molecular weight is 324 g/mol. The number of rotatable bonds is 3. The Balaban J connectivity index is 1.82. The number of imide groups is 1. The molecule has 0 spiro atoms. The van der Waals surface area contributed by atoms with Crippen molar-refractivity contribution >= 4 is 34.4 Å². The Morgan fingerprint density at radius 3 is 2.73 bits per heavy atom. The van der Waals surface area contributed by atoms with Crippen LogP contribution < -0.4 is 0 Å². The van der Waals surface area contributed by atoms with Crippen LogP contribution in [-0.4, -0.2) is 46.4 Å². The van der Waals surface area contributed by atoms with E-state index in [-0.39, 0.29) is 23.5 Å². The summed E-state index contributed by atoms with van der Waals surface area (Å²) in [5, 5.41) is 0.849. The molecule has 0 aliphatic carbocycles. The van der Waals surface area contributed by atoms with E-state index in [2.05, 4.69) is 4.98 Å². The fraction of sp³-hybridized carbons (Fsp3) is 0.333. The first-order valence-electron chi connectivity index (χ1n) is 6.93. The minimum atomic E-state index is -0.483. The van der Waals surface area contributed by atoms with Gasteiger partial charge in [0.2, 0.25) is 0 Å². The maximum atomic E-state index is 13.4. The highest BCUT2D eigenvalue weighted by Crippen LogP contribution is 2.26. The Labute approximate surface area is 131 Å². The van der Waals surface area contributed by atoms with Gasteiger partial charge in [0, 0.05) is 30.7 Å². The molecule has 2 heterocycles. The van der Waals surface area contributed by atoms with Crippen LogP contribution in [0.15, 0.2) is 18.3 Å². The van der Waals surface area contributed by atoms with Gasteiger partial charge in [-0.15, -0.1) is 0 Å². The molecule has 1 aliphatic heterocycles. The standard InChI is InChI=1S/C15H15ClFN3O2/c1-8-14(21)20(15(22)19(8)2)4-3-9-7-18-13-6-12(17)11(16)5-10(9)13/h5-8,18H,3-4H2,1-2H3/t8-/m0/s1. The molecule has 1 aromatic heterocycles. The monoisotopic (exact) mass is 323 g/mol. The molecule has 1 N–H and O–H groups in total. The van der Waals surface area contributed by atoms with Crippen molar-refractivity contribution in [3.8, 4) is 0 Å². The summed E-state index contributed by atoms with van der Waals surface area (Å²) < 4.78 is 13.4. The first-order chi connectivity index (χ1) is 10.4. The maximum absolute atomic E-state index is 13.4. The summed E-state index contributed by atoms with van der Waals surface area (Å²) >= 11 is 5.81. The number of halogens is 2. The van der Waals surface area contributed by atoms with E-state index in [9.17, 15) is 14.0 Å². The van der Waals surface area contributed by atoms with Gasteiger partial charge in [0.05, 0.1) is 5.02 Å². The molecule has 3 rings (SSSR count). The number of amides is 3. The number of benzene rings is 1. The predicted molar refractivity (Wildman–Crippen MR) is 81.3 cm³/mol. The second-order valence-corrected chi connectivity index (χ2v) is 5.84. The van der Waals surface area contributed by atoms with E-state index in [1.807, 2.05) is 0 Å². The minimum Gasteiger partial charge on any atom is -0.361 e. The third-order valence-electron chi connectivity index (χ3n) is 4.15. The minimum absolute atomic E-state index is 0.0510. The van der Waals surface area contributed by atoms with Crippen molar-refractivity contribution in [2.24, 2.45) is 0 Å². The normalized spacial score (nSPS) is 18.8. The van der Waals surface area contributed by atoms with Gasteiger partial charge in [0.15, 0.2) is 0 Å². The van der Waals surface area contributed by atoms with E-state index >= 15 is 0 Å². The maximum Gasteiger partial charge on any atom is 0.327 e. The zero-order chi connectivity index (χ0) is 16.0. The summed E-state index contributed by atoms with van der Waals surface area (Å²) in [4.78, 5) is 29.7.